The molecule has 0 aliphatic rings. The van der Waals surface area contributed by atoms with Gasteiger partial charge in [0.2, 0.25) is 0 Å². The van der Waals surface area contributed by atoms with Gasteiger partial charge in [-0.1, -0.05) is 6.58 Å². The SMILES string of the molecule is C=C(C)C(=O)NOCCCCO. The number of rotatable bonds is 6. The number of aliphatic hydroxyl groups excluding tert-OH is 1. The van der Waals surface area contributed by atoms with Gasteiger partial charge in [-0.2, -0.15) is 0 Å². The van der Waals surface area contributed by atoms with Gasteiger partial charge in [-0.15, -0.1) is 0 Å². The molecule has 0 saturated heterocycles. The second-order valence-electron chi connectivity index (χ2n) is 2.49. The van der Waals surface area contributed by atoms with Crippen LogP contribution in [0, 0.1) is 0 Å². The third kappa shape index (κ3) is 5.88. The number of aliphatic hydroxyl groups is 1. The molecule has 0 aliphatic carbocycles. The van der Waals surface area contributed by atoms with Crippen LogP contribution in [0.15, 0.2) is 12.2 Å². The van der Waals surface area contributed by atoms with E-state index in [-0.39, 0.29) is 12.5 Å². The first-order chi connectivity index (χ1) is 5.68. The Kier molecular flexibility index (Phi) is 6.32. The molecule has 12 heavy (non-hydrogen) atoms. The topological polar surface area (TPSA) is 58.6 Å². The lowest BCUT2D eigenvalue weighted by molar-refractivity contribution is -0.129. The zero-order valence-electron chi connectivity index (χ0n) is 7.30. The van der Waals surface area contributed by atoms with Crippen LogP contribution in [0.5, 0.6) is 0 Å². The van der Waals surface area contributed by atoms with E-state index >= 15 is 0 Å². The van der Waals surface area contributed by atoms with E-state index in [0.29, 0.717) is 18.6 Å². The molecular weight excluding hydrogens is 158 g/mol. The number of unbranched alkanes of at least 4 members (excludes halogenated alkanes) is 1. The summed E-state index contributed by atoms with van der Waals surface area (Å²) in [4.78, 5) is 15.6. The second-order valence-corrected chi connectivity index (χ2v) is 2.49. The fraction of sp³-hybridized carbons (Fsp3) is 0.625. The molecule has 2 N–H and O–H groups in total. The third-order valence-corrected chi connectivity index (χ3v) is 1.21. The Bertz CT molecular complexity index is 156. The molecule has 0 fully saturated rings. The lowest BCUT2D eigenvalue weighted by Gasteiger charge is -2.03. The summed E-state index contributed by atoms with van der Waals surface area (Å²) in [6.07, 6.45) is 1.41. The summed E-state index contributed by atoms with van der Waals surface area (Å²) in [6.45, 7) is 5.61. The van der Waals surface area contributed by atoms with Crippen molar-refractivity contribution in [2.24, 2.45) is 0 Å². The number of hydroxylamine groups is 1. The molecule has 0 aliphatic heterocycles. The van der Waals surface area contributed by atoms with E-state index in [1.807, 2.05) is 0 Å². The highest BCUT2D eigenvalue weighted by molar-refractivity contribution is 5.91. The van der Waals surface area contributed by atoms with Gasteiger partial charge in [-0.05, 0) is 19.8 Å². The highest BCUT2D eigenvalue weighted by Crippen LogP contribution is 1.88. The number of amides is 1. The predicted molar refractivity (Wildman–Crippen MR) is 45.2 cm³/mol. The minimum Gasteiger partial charge on any atom is -0.396 e. The quantitative estimate of drug-likeness (QED) is 0.347. The van der Waals surface area contributed by atoms with Gasteiger partial charge in [0.15, 0.2) is 0 Å². The van der Waals surface area contributed by atoms with Crippen LogP contribution in [0.4, 0.5) is 0 Å². The summed E-state index contributed by atoms with van der Waals surface area (Å²) >= 11 is 0. The molecule has 0 rings (SSSR count). The van der Waals surface area contributed by atoms with Crippen molar-refractivity contribution in [3.8, 4) is 0 Å². The average molecular weight is 173 g/mol. The molecule has 0 spiro atoms. The van der Waals surface area contributed by atoms with Crippen molar-refractivity contribution < 1.29 is 14.7 Å². The van der Waals surface area contributed by atoms with Crippen LogP contribution in [-0.2, 0) is 9.63 Å². The highest BCUT2D eigenvalue weighted by atomic mass is 16.6. The van der Waals surface area contributed by atoms with Gasteiger partial charge in [-0.3, -0.25) is 9.63 Å². The Morgan fingerprint density at radius 2 is 2.25 bits per heavy atom. The van der Waals surface area contributed by atoms with Crippen molar-refractivity contribution in [3.05, 3.63) is 12.2 Å². The van der Waals surface area contributed by atoms with Crippen molar-refractivity contribution in [1.82, 2.24) is 5.48 Å². The standard InChI is InChI=1S/C8H15NO3/c1-7(2)8(11)9-12-6-4-3-5-10/h10H,1,3-6H2,2H3,(H,9,11). The summed E-state index contributed by atoms with van der Waals surface area (Å²) in [5.74, 6) is -0.306. The fourth-order valence-electron chi connectivity index (χ4n) is 0.490. The predicted octanol–water partition coefficient (Wildman–Crippen LogP) is 0.383. The number of carbonyl (C=O) groups excluding carboxylic acids is 1. The van der Waals surface area contributed by atoms with E-state index in [1.54, 1.807) is 6.92 Å². The molecule has 4 nitrogen and oxygen atoms in total. The van der Waals surface area contributed by atoms with Crippen molar-refractivity contribution in [1.29, 1.82) is 0 Å². The van der Waals surface area contributed by atoms with Gasteiger partial charge in [-0.25, -0.2) is 5.48 Å². The largest absolute Gasteiger partial charge is 0.396 e. The van der Waals surface area contributed by atoms with Gasteiger partial charge in [0.25, 0.3) is 5.91 Å². The van der Waals surface area contributed by atoms with Crippen LogP contribution in [-0.4, -0.2) is 24.2 Å². The molecule has 0 bridgehead atoms. The first-order valence-electron chi connectivity index (χ1n) is 3.87. The summed E-state index contributed by atoms with van der Waals surface area (Å²) in [5, 5.41) is 8.41. The Morgan fingerprint density at radius 1 is 1.58 bits per heavy atom. The zero-order valence-corrected chi connectivity index (χ0v) is 7.30. The molecule has 0 atom stereocenters. The van der Waals surface area contributed by atoms with E-state index in [0.717, 1.165) is 6.42 Å². The molecule has 70 valence electrons. The summed E-state index contributed by atoms with van der Waals surface area (Å²) in [6, 6.07) is 0. The van der Waals surface area contributed by atoms with Gasteiger partial charge >= 0.3 is 0 Å². The molecule has 0 aromatic rings. The molecule has 4 heteroatoms. The van der Waals surface area contributed by atoms with E-state index in [9.17, 15) is 4.79 Å². The zero-order chi connectivity index (χ0) is 9.40. The maximum absolute atomic E-state index is 10.8. The van der Waals surface area contributed by atoms with Gasteiger partial charge in [0, 0.05) is 12.2 Å². The maximum Gasteiger partial charge on any atom is 0.269 e. The number of carbonyl (C=O) groups is 1. The Labute approximate surface area is 72.2 Å². The van der Waals surface area contributed by atoms with E-state index in [4.69, 9.17) is 9.94 Å². The van der Waals surface area contributed by atoms with Crippen LogP contribution in [0.25, 0.3) is 0 Å². The molecule has 0 aromatic heterocycles. The van der Waals surface area contributed by atoms with E-state index < -0.39 is 0 Å². The fourth-order valence-corrected chi connectivity index (χ4v) is 0.490. The van der Waals surface area contributed by atoms with Crippen LogP contribution >= 0.6 is 0 Å². The average Bonchev–Trinajstić information content (AvgIpc) is 2.03. The number of hydrogen-bond donors (Lipinski definition) is 2. The van der Waals surface area contributed by atoms with Crippen molar-refractivity contribution in [3.63, 3.8) is 0 Å². The maximum atomic E-state index is 10.8. The molecule has 0 radical (unpaired) electrons. The van der Waals surface area contributed by atoms with Gasteiger partial charge < -0.3 is 5.11 Å². The first kappa shape index (κ1) is 11.1. The van der Waals surface area contributed by atoms with Crippen LogP contribution in [0.1, 0.15) is 19.8 Å². The first-order valence-corrected chi connectivity index (χ1v) is 3.87. The molecule has 0 saturated carbocycles. The normalized spacial score (nSPS) is 9.50. The monoisotopic (exact) mass is 173 g/mol. The van der Waals surface area contributed by atoms with Crippen molar-refractivity contribution in [2.75, 3.05) is 13.2 Å². The van der Waals surface area contributed by atoms with Gasteiger partial charge in [0.1, 0.15) is 0 Å². The van der Waals surface area contributed by atoms with Crippen molar-refractivity contribution >= 4 is 5.91 Å². The second kappa shape index (κ2) is 6.82. The molecule has 0 heterocycles. The lowest BCUT2D eigenvalue weighted by atomic mass is 10.3. The molecule has 0 unspecified atom stereocenters. The molecule has 1 amide bonds. The Hall–Kier alpha value is -0.870. The van der Waals surface area contributed by atoms with Crippen molar-refractivity contribution in [2.45, 2.75) is 19.8 Å². The Balaban J connectivity index is 3.20. The smallest absolute Gasteiger partial charge is 0.269 e. The van der Waals surface area contributed by atoms with E-state index in [2.05, 4.69) is 12.1 Å². The number of hydrogen-bond acceptors (Lipinski definition) is 3. The summed E-state index contributed by atoms with van der Waals surface area (Å²) < 4.78 is 0. The lowest BCUT2D eigenvalue weighted by Crippen LogP contribution is -2.24. The van der Waals surface area contributed by atoms with Crippen LogP contribution in [0.3, 0.4) is 0 Å². The third-order valence-electron chi connectivity index (χ3n) is 1.21. The summed E-state index contributed by atoms with van der Waals surface area (Å²) in [5.41, 5.74) is 2.63. The number of nitrogens with one attached hydrogen (secondary N) is 1. The minimum atomic E-state index is -0.306. The van der Waals surface area contributed by atoms with Crippen LogP contribution in [0.2, 0.25) is 0 Å². The highest BCUT2D eigenvalue weighted by Gasteiger charge is 1.99. The Morgan fingerprint density at radius 3 is 2.75 bits per heavy atom. The molecule has 0 aromatic carbocycles. The molecular formula is C8H15NO3. The van der Waals surface area contributed by atoms with E-state index in [1.165, 1.54) is 0 Å². The van der Waals surface area contributed by atoms with Crippen LogP contribution < -0.4 is 5.48 Å². The summed E-state index contributed by atoms with van der Waals surface area (Å²) in [7, 11) is 0. The minimum absolute atomic E-state index is 0.151. The van der Waals surface area contributed by atoms with Gasteiger partial charge in [0.05, 0.1) is 6.61 Å².